The molecular formula is C16H24N2O2. The summed E-state index contributed by atoms with van der Waals surface area (Å²) in [7, 11) is 0. The molecule has 0 spiro atoms. The number of ether oxygens (including phenoxy) is 1. The molecule has 0 aliphatic carbocycles. The first-order chi connectivity index (χ1) is 9.69. The van der Waals surface area contributed by atoms with Gasteiger partial charge < -0.3 is 15.0 Å². The first-order valence-corrected chi connectivity index (χ1v) is 7.41. The Balaban J connectivity index is 1.88. The van der Waals surface area contributed by atoms with Crippen molar-refractivity contribution in [3.63, 3.8) is 0 Å². The van der Waals surface area contributed by atoms with Crippen LogP contribution in [0, 0.1) is 5.92 Å². The number of nitrogens with one attached hydrogen (secondary N) is 1. The predicted molar refractivity (Wildman–Crippen MR) is 82.2 cm³/mol. The monoisotopic (exact) mass is 276 g/mol. The highest BCUT2D eigenvalue weighted by Crippen LogP contribution is 2.24. The molecule has 1 saturated heterocycles. The van der Waals surface area contributed by atoms with Gasteiger partial charge in [0.05, 0.1) is 0 Å². The lowest BCUT2D eigenvalue weighted by molar-refractivity contribution is -0.120. The van der Waals surface area contributed by atoms with E-state index < -0.39 is 0 Å². The highest BCUT2D eigenvalue weighted by molar-refractivity contribution is 5.91. The van der Waals surface area contributed by atoms with Crippen LogP contribution >= 0.6 is 0 Å². The van der Waals surface area contributed by atoms with Crippen LogP contribution in [0.25, 0.3) is 0 Å². The quantitative estimate of drug-likeness (QED) is 0.899. The van der Waals surface area contributed by atoms with Crippen LogP contribution < -0.4 is 10.2 Å². The van der Waals surface area contributed by atoms with Crippen molar-refractivity contribution in [1.29, 1.82) is 0 Å². The normalized spacial score (nSPS) is 16.2. The molecule has 1 aromatic carbocycles. The summed E-state index contributed by atoms with van der Waals surface area (Å²) in [5, 5.41) is 2.83. The van der Waals surface area contributed by atoms with Gasteiger partial charge in [0.2, 0.25) is 5.91 Å². The molecule has 1 fully saturated rings. The molecular weight excluding hydrogens is 252 g/mol. The second-order valence-corrected chi connectivity index (χ2v) is 5.40. The van der Waals surface area contributed by atoms with Gasteiger partial charge in [0.1, 0.15) is 6.61 Å². The first-order valence-electron chi connectivity index (χ1n) is 7.41. The zero-order valence-corrected chi connectivity index (χ0v) is 12.4. The molecule has 1 aliphatic heterocycles. The maximum absolute atomic E-state index is 11.5. The van der Waals surface area contributed by atoms with Gasteiger partial charge in [-0.1, -0.05) is 6.92 Å². The third-order valence-electron chi connectivity index (χ3n) is 3.74. The molecule has 1 amide bonds. The SMILES string of the molecule is CCOCC(=O)Nc1ccc(N2CCC(C)CC2)cc1. The maximum Gasteiger partial charge on any atom is 0.250 e. The average molecular weight is 276 g/mol. The maximum atomic E-state index is 11.5. The Morgan fingerprint density at radius 3 is 2.55 bits per heavy atom. The van der Waals surface area contributed by atoms with Crippen LogP contribution in [0.15, 0.2) is 24.3 Å². The van der Waals surface area contributed by atoms with E-state index in [9.17, 15) is 4.79 Å². The van der Waals surface area contributed by atoms with E-state index in [0.29, 0.717) is 6.61 Å². The summed E-state index contributed by atoms with van der Waals surface area (Å²) in [5.74, 6) is 0.731. The standard InChI is InChI=1S/C16H24N2O2/c1-3-20-12-16(19)17-14-4-6-15(7-5-14)18-10-8-13(2)9-11-18/h4-7,13H,3,8-12H2,1-2H3,(H,17,19). The molecule has 0 atom stereocenters. The lowest BCUT2D eigenvalue weighted by Crippen LogP contribution is -2.32. The molecule has 2 rings (SSSR count). The van der Waals surface area contributed by atoms with Gasteiger partial charge in [0.15, 0.2) is 0 Å². The minimum atomic E-state index is -0.105. The fourth-order valence-electron chi connectivity index (χ4n) is 2.41. The Morgan fingerprint density at radius 2 is 1.95 bits per heavy atom. The molecule has 0 radical (unpaired) electrons. The van der Waals surface area contributed by atoms with Crippen molar-refractivity contribution >= 4 is 17.3 Å². The Bertz CT molecular complexity index is 423. The molecule has 1 aliphatic rings. The van der Waals surface area contributed by atoms with Crippen LogP contribution in [0.5, 0.6) is 0 Å². The van der Waals surface area contributed by atoms with Crippen molar-refractivity contribution in [2.75, 3.05) is 36.5 Å². The minimum Gasteiger partial charge on any atom is -0.372 e. The smallest absolute Gasteiger partial charge is 0.250 e. The van der Waals surface area contributed by atoms with Gasteiger partial charge in [-0.25, -0.2) is 0 Å². The van der Waals surface area contributed by atoms with Crippen molar-refractivity contribution in [3.8, 4) is 0 Å². The molecule has 110 valence electrons. The number of piperidine rings is 1. The van der Waals surface area contributed by atoms with Crippen LogP contribution in [0.2, 0.25) is 0 Å². The van der Waals surface area contributed by atoms with E-state index >= 15 is 0 Å². The number of hydrogen-bond acceptors (Lipinski definition) is 3. The fourth-order valence-corrected chi connectivity index (χ4v) is 2.41. The van der Waals surface area contributed by atoms with Crippen LogP contribution in [0.3, 0.4) is 0 Å². The molecule has 0 saturated carbocycles. The molecule has 1 aromatic rings. The topological polar surface area (TPSA) is 41.6 Å². The van der Waals surface area contributed by atoms with E-state index in [-0.39, 0.29) is 12.5 Å². The largest absolute Gasteiger partial charge is 0.372 e. The van der Waals surface area contributed by atoms with Gasteiger partial charge in [0, 0.05) is 31.1 Å². The zero-order valence-electron chi connectivity index (χ0n) is 12.4. The average Bonchev–Trinajstić information content (AvgIpc) is 2.47. The van der Waals surface area contributed by atoms with E-state index in [1.807, 2.05) is 19.1 Å². The molecule has 1 N–H and O–H groups in total. The Morgan fingerprint density at radius 1 is 1.30 bits per heavy atom. The summed E-state index contributed by atoms with van der Waals surface area (Å²) in [6.45, 7) is 7.10. The first kappa shape index (κ1) is 14.9. The van der Waals surface area contributed by atoms with Gasteiger partial charge in [-0.2, -0.15) is 0 Å². The van der Waals surface area contributed by atoms with Crippen LogP contribution in [-0.2, 0) is 9.53 Å². The molecule has 0 bridgehead atoms. The van der Waals surface area contributed by atoms with E-state index in [1.165, 1.54) is 18.5 Å². The highest BCUT2D eigenvalue weighted by atomic mass is 16.5. The van der Waals surface area contributed by atoms with E-state index in [1.54, 1.807) is 0 Å². The molecule has 4 heteroatoms. The van der Waals surface area contributed by atoms with E-state index in [4.69, 9.17) is 4.74 Å². The second kappa shape index (κ2) is 7.29. The highest BCUT2D eigenvalue weighted by Gasteiger charge is 2.15. The van der Waals surface area contributed by atoms with Gasteiger partial charge in [-0.15, -0.1) is 0 Å². The van der Waals surface area contributed by atoms with Crippen LogP contribution in [0.1, 0.15) is 26.7 Å². The Kier molecular flexibility index (Phi) is 5.41. The van der Waals surface area contributed by atoms with Crippen molar-refractivity contribution < 1.29 is 9.53 Å². The molecule has 0 unspecified atom stereocenters. The summed E-state index contributed by atoms with van der Waals surface area (Å²) in [5.41, 5.74) is 2.06. The third-order valence-corrected chi connectivity index (χ3v) is 3.74. The van der Waals surface area contributed by atoms with Crippen molar-refractivity contribution in [2.45, 2.75) is 26.7 Å². The number of anilines is 2. The number of nitrogens with zero attached hydrogens (tertiary/aromatic N) is 1. The number of hydrogen-bond donors (Lipinski definition) is 1. The molecule has 0 aromatic heterocycles. The summed E-state index contributed by atoms with van der Waals surface area (Å²) < 4.78 is 5.08. The van der Waals surface area contributed by atoms with Crippen LogP contribution in [-0.4, -0.2) is 32.2 Å². The van der Waals surface area contributed by atoms with Gasteiger partial charge >= 0.3 is 0 Å². The lowest BCUT2D eigenvalue weighted by atomic mass is 9.99. The van der Waals surface area contributed by atoms with Crippen molar-refractivity contribution in [3.05, 3.63) is 24.3 Å². The third kappa shape index (κ3) is 4.23. The van der Waals surface area contributed by atoms with Gasteiger partial charge in [-0.05, 0) is 49.9 Å². The Hall–Kier alpha value is -1.55. The lowest BCUT2D eigenvalue weighted by Gasteiger charge is -2.32. The Labute approximate surface area is 121 Å². The van der Waals surface area contributed by atoms with Gasteiger partial charge in [0.25, 0.3) is 0 Å². The van der Waals surface area contributed by atoms with E-state index in [2.05, 4.69) is 29.3 Å². The number of benzene rings is 1. The van der Waals surface area contributed by atoms with Crippen molar-refractivity contribution in [2.24, 2.45) is 5.92 Å². The second-order valence-electron chi connectivity index (χ2n) is 5.40. The summed E-state index contributed by atoms with van der Waals surface area (Å²) in [6, 6.07) is 8.06. The number of carbonyl (C=O) groups excluding carboxylic acids is 1. The molecule has 1 heterocycles. The number of carbonyl (C=O) groups is 1. The van der Waals surface area contributed by atoms with Crippen LogP contribution in [0.4, 0.5) is 11.4 Å². The van der Waals surface area contributed by atoms with E-state index in [0.717, 1.165) is 24.7 Å². The summed E-state index contributed by atoms with van der Waals surface area (Å²) >= 11 is 0. The molecule has 20 heavy (non-hydrogen) atoms. The zero-order chi connectivity index (χ0) is 14.4. The van der Waals surface area contributed by atoms with Crippen molar-refractivity contribution in [1.82, 2.24) is 0 Å². The predicted octanol–water partition coefficient (Wildman–Crippen LogP) is 2.90. The fraction of sp³-hybridized carbons (Fsp3) is 0.562. The number of rotatable bonds is 5. The summed E-state index contributed by atoms with van der Waals surface area (Å²) in [4.78, 5) is 14.0. The van der Waals surface area contributed by atoms with Gasteiger partial charge in [-0.3, -0.25) is 4.79 Å². The number of amides is 1. The molecule has 4 nitrogen and oxygen atoms in total. The summed E-state index contributed by atoms with van der Waals surface area (Å²) in [6.07, 6.45) is 2.51. The minimum absolute atomic E-state index is 0.105.